The number of halogens is 2. The molecule has 7 heteroatoms. The number of aliphatic hydroxyl groups is 1. The van der Waals surface area contributed by atoms with Gasteiger partial charge in [-0.1, -0.05) is 11.6 Å². The smallest absolute Gasteiger partial charge is 0.172 e. The monoisotopic (exact) mass is 258 g/mol. The molecule has 5 nitrogen and oxygen atoms in total. The summed E-state index contributed by atoms with van der Waals surface area (Å²) in [6.07, 6.45) is -0.110. The van der Waals surface area contributed by atoms with Gasteiger partial charge in [0.05, 0.1) is 17.3 Å². The number of alkyl halides is 1. The van der Waals surface area contributed by atoms with Gasteiger partial charge in [0.1, 0.15) is 6.67 Å². The van der Waals surface area contributed by atoms with Crippen LogP contribution in [0.25, 0.3) is 0 Å². The van der Waals surface area contributed by atoms with E-state index in [1.165, 1.54) is 0 Å². The number of hydrogen-bond donors (Lipinski definition) is 2. The lowest BCUT2D eigenvalue weighted by atomic mass is 9.95. The maximum absolute atomic E-state index is 13.3. The summed E-state index contributed by atoms with van der Waals surface area (Å²) in [5, 5.41) is 20.7. The van der Waals surface area contributed by atoms with Crippen molar-refractivity contribution in [2.75, 3.05) is 30.0 Å². The zero-order chi connectivity index (χ0) is 12.0. The van der Waals surface area contributed by atoms with E-state index >= 15 is 0 Å². The van der Waals surface area contributed by atoms with Gasteiger partial charge in [-0.3, -0.25) is 0 Å². The number of nitrogens with one attached hydrogen (secondary N) is 1. The minimum absolute atomic E-state index is 0.265. The Bertz CT molecular complexity index is 460. The van der Waals surface area contributed by atoms with Crippen molar-refractivity contribution in [1.29, 1.82) is 0 Å². The van der Waals surface area contributed by atoms with E-state index in [9.17, 15) is 9.50 Å². The van der Waals surface area contributed by atoms with Crippen LogP contribution in [0.4, 0.5) is 15.9 Å². The van der Waals surface area contributed by atoms with E-state index in [1.807, 2.05) is 4.90 Å². The molecule has 3 heterocycles. The van der Waals surface area contributed by atoms with Gasteiger partial charge in [-0.2, -0.15) is 0 Å². The quantitative estimate of drug-likeness (QED) is 0.782. The van der Waals surface area contributed by atoms with Crippen LogP contribution in [-0.2, 0) is 0 Å². The molecule has 17 heavy (non-hydrogen) atoms. The molecule has 0 saturated carbocycles. The van der Waals surface area contributed by atoms with Crippen molar-refractivity contribution in [2.24, 2.45) is 0 Å². The predicted molar refractivity (Wildman–Crippen MR) is 62.2 cm³/mol. The first-order chi connectivity index (χ1) is 8.14. The summed E-state index contributed by atoms with van der Waals surface area (Å²) in [6, 6.07) is 1.65. The van der Waals surface area contributed by atoms with Gasteiger partial charge in [0.25, 0.3) is 0 Å². The number of aromatic nitrogens is 2. The zero-order valence-electron chi connectivity index (χ0n) is 9.03. The highest BCUT2D eigenvalue weighted by atomic mass is 35.5. The van der Waals surface area contributed by atoms with E-state index in [1.54, 1.807) is 6.07 Å². The molecule has 0 unspecified atom stereocenters. The summed E-state index contributed by atoms with van der Waals surface area (Å²) in [5.74, 6) is 0.590. The Morgan fingerprint density at radius 3 is 3.24 bits per heavy atom. The molecule has 2 aliphatic heterocycles. The number of aliphatic hydroxyl groups excluding tert-OH is 1. The zero-order valence-corrected chi connectivity index (χ0v) is 9.78. The Morgan fingerprint density at radius 2 is 2.47 bits per heavy atom. The molecule has 0 spiro atoms. The van der Waals surface area contributed by atoms with Crippen molar-refractivity contribution in [3.8, 4) is 0 Å². The fourth-order valence-electron chi connectivity index (χ4n) is 2.65. The second-order valence-corrected chi connectivity index (χ2v) is 4.97. The van der Waals surface area contributed by atoms with Crippen molar-refractivity contribution in [1.82, 2.24) is 10.2 Å². The molecule has 1 saturated heterocycles. The van der Waals surface area contributed by atoms with Crippen LogP contribution in [0.15, 0.2) is 6.07 Å². The second kappa shape index (κ2) is 3.68. The van der Waals surface area contributed by atoms with Gasteiger partial charge in [0, 0.05) is 25.6 Å². The number of fused-ring (bicyclic) bond motifs is 3. The Hall–Kier alpha value is -1.14. The highest BCUT2D eigenvalue weighted by Gasteiger charge is 2.48. The third-order valence-corrected chi connectivity index (χ3v) is 3.63. The maximum Gasteiger partial charge on any atom is 0.172 e. The molecule has 0 amide bonds. The molecule has 0 aromatic carbocycles. The van der Waals surface area contributed by atoms with Crippen LogP contribution in [0.1, 0.15) is 6.42 Å². The van der Waals surface area contributed by atoms with Crippen LogP contribution >= 0.6 is 11.6 Å². The van der Waals surface area contributed by atoms with Gasteiger partial charge in [-0.05, 0) is 0 Å². The summed E-state index contributed by atoms with van der Waals surface area (Å²) in [5.41, 5.74) is 0.0316. The molecule has 3 rings (SSSR count). The molecule has 2 N–H and O–H groups in total. The van der Waals surface area contributed by atoms with Gasteiger partial charge in [-0.25, -0.2) is 4.39 Å². The molecule has 1 aromatic rings. The number of anilines is 2. The fourth-order valence-corrected chi connectivity index (χ4v) is 2.79. The van der Waals surface area contributed by atoms with Crippen molar-refractivity contribution in [3.05, 3.63) is 11.2 Å². The van der Waals surface area contributed by atoms with Crippen LogP contribution in [0.2, 0.25) is 5.15 Å². The fraction of sp³-hybridized carbons (Fsp3) is 0.600. The summed E-state index contributed by atoms with van der Waals surface area (Å²) in [4.78, 5) is 1.85. The molecule has 0 bridgehead atoms. The van der Waals surface area contributed by atoms with Crippen molar-refractivity contribution >= 4 is 23.1 Å². The Labute approximate surface area is 103 Å². The van der Waals surface area contributed by atoms with Crippen molar-refractivity contribution in [2.45, 2.75) is 18.1 Å². The average molecular weight is 259 g/mol. The van der Waals surface area contributed by atoms with E-state index < -0.39 is 18.3 Å². The summed E-state index contributed by atoms with van der Waals surface area (Å²) in [7, 11) is 0. The van der Waals surface area contributed by atoms with Crippen molar-refractivity contribution < 1.29 is 9.50 Å². The van der Waals surface area contributed by atoms with E-state index in [4.69, 9.17) is 11.6 Å². The molecular formula is C10H12ClFN4O. The molecule has 2 atom stereocenters. The van der Waals surface area contributed by atoms with E-state index in [-0.39, 0.29) is 5.15 Å². The molecule has 0 radical (unpaired) electrons. The molecule has 2 aliphatic rings. The van der Waals surface area contributed by atoms with E-state index in [0.717, 1.165) is 0 Å². The van der Waals surface area contributed by atoms with Gasteiger partial charge in [0.15, 0.2) is 11.0 Å². The van der Waals surface area contributed by atoms with Gasteiger partial charge in [-0.15, -0.1) is 10.2 Å². The lowest BCUT2D eigenvalue weighted by molar-refractivity contribution is 0.178. The Kier molecular flexibility index (Phi) is 2.38. The van der Waals surface area contributed by atoms with Crippen molar-refractivity contribution in [3.63, 3.8) is 0 Å². The largest absolute Gasteiger partial charge is 0.391 e. The Balaban J connectivity index is 2.08. The molecule has 92 valence electrons. The normalized spacial score (nSPS) is 30.8. The van der Waals surface area contributed by atoms with Crippen LogP contribution in [0, 0.1) is 0 Å². The summed E-state index contributed by atoms with van der Waals surface area (Å²) >= 11 is 5.81. The van der Waals surface area contributed by atoms with E-state index in [2.05, 4.69) is 15.5 Å². The second-order valence-electron chi connectivity index (χ2n) is 4.58. The SMILES string of the molecule is O[C@@H]1CN2c3cc(Cl)nnc3NC[C@@]2(CF)C1. The van der Waals surface area contributed by atoms with Crippen LogP contribution < -0.4 is 10.2 Å². The number of β-amino-alcohol motifs (C(OH)–C–C–N with tert-alkyl or cyclic N) is 1. The third kappa shape index (κ3) is 1.55. The summed E-state index contributed by atoms with van der Waals surface area (Å²) < 4.78 is 13.3. The maximum atomic E-state index is 13.3. The van der Waals surface area contributed by atoms with Gasteiger partial charge in [0.2, 0.25) is 0 Å². The first-order valence-electron chi connectivity index (χ1n) is 5.43. The standard InChI is InChI=1S/C10H12ClFN4O/c11-8-1-7-9(15-14-8)13-5-10(4-12)2-6(17)3-16(7)10/h1,6,17H,2-5H2,(H,13,15)/t6-,10-/m0/s1. The minimum Gasteiger partial charge on any atom is -0.391 e. The third-order valence-electron chi connectivity index (χ3n) is 3.45. The van der Waals surface area contributed by atoms with Gasteiger partial charge < -0.3 is 15.3 Å². The van der Waals surface area contributed by atoms with Crippen LogP contribution in [0.5, 0.6) is 0 Å². The Morgan fingerprint density at radius 1 is 1.65 bits per heavy atom. The van der Waals surface area contributed by atoms with Crippen LogP contribution in [-0.4, -0.2) is 46.7 Å². The first kappa shape index (κ1) is 11.0. The number of nitrogens with zero attached hydrogens (tertiary/aromatic N) is 3. The first-order valence-corrected chi connectivity index (χ1v) is 5.81. The molecule has 0 aliphatic carbocycles. The molecule has 1 fully saturated rings. The average Bonchev–Trinajstić information content (AvgIpc) is 2.66. The molecular weight excluding hydrogens is 247 g/mol. The lowest BCUT2D eigenvalue weighted by Crippen LogP contribution is -2.54. The highest BCUT2D eigenvalue weighted by molar-refractivity contribution is 6.29. The topological polar surface area (TPSA) is 61.3 Å². The number of rotatable bonds is 1. The van der Waals surface area contributed by atoms with Crippen LogP contribution in [0.3, 0.4) is 0 Å². The van der Waals surface area contributed by atoms with E-state index in [0.29, 0.717) is 31.0 Å². The highest BCUT2D eigenvalue weighted by Crippen LogP contribution is 2.42. The predicted octanol–water partition coefficient (Wildman–Crippen LogP) is 0.835. The number of hydrogen-bond acceptors (Lipinski definition) is 5. The molecule has 1 aromatic heterocycles. The summed E-state index contributed by atoms with van der Waals surface area (Å²) in [6.45, 7) is 0.306. The lowest BCUT2D eigenvalue weighted by Gasteiger charge is -2.42. The van der Waals surface area contributed by atoms with Gasteiger partial charge >= 0.3 is 0 Å². The minimum atomic E-state index is -0.682.